The van der Waals surface area contributed by atoms with Crippen LogP contribution in [0.5, 0.6) is 0 Å². The van der Waals surface area contributed by atoms with Gasteiger partial charge >= 0.3 is 5.97 Å². The fourth-order valence-corrected chi connectivity index (χ4v) is 3.84. The maximum atomic E-state index is 12.6. The number of aryl methyl sites for hydroxylation is 1. The van der Waals surface area contributed by atoms with Gasteiger partial charge in [0.05, 0.1) is 12.5 Å². The minimum Gasteiger partial charge on any atom is -0.467 e. The molecule has 1 fully saturated rings. The number of hydrogen-bond donors (Lipinski definition) is 1. The van der Waals surface area contributed by atoms with E-state index < -0.39 is 6.04 Å². The molecule has 9 heteroatoms. The molecular weight excluding hydrogens is 380 g/mol. The molecule has 0 radical (unpaired) electrons. The molecule has 3 heterocycles. The first kappa shape index (κ1) is 18.5. The predicted molar refractivity (Wildman–Crippen MR) is 108 cm³/mol. The number of esters is 1. The zero-order valence-corrected chi connectivity index (χ0v) is 16.5. The number of H-pyrrole nitrogens is 1. The Morgan fingerprint density at radius 2 is 2.21 bits per heavy atom. The molecule has 1 aliphatic rings. The Hall–Kier alpha value is -2.87. The molecule has 2 aromatic heterocycles. The van der Waals surface area contributed by atoms with Crippen molar-refractivity contribution in [1.29, 1.82) is 0 Å². The number of methoxy groups -OCH3 is 1. The van der Waals surface area contributed by atoms with Crippen LogP contribution in [0.4, 0.5) is 11.5 Å². The number of aromatic amines is 1. The molecule has 0 spiro atoms. The Balaban J connectivity index is 1.72. The van der Waals surface area contributed by atoms with Crippen LogP contribution in [0.25, 0.3) is 11.0 Å². The summed E-state index contributed by atoms with van der Waals surface area (Å²) in [6, 6.07) is 7.13. The zero-order valence-electron chi connectivity index (χ0n) is 15.7. The molecule has 1 aliphatic heterocycles. The second-order valence-electron chi connectivity index (χ2n) is 6.61. The van der Waals surface area contributed by atoms with Gasteiger partial charge in [0.25, 0.3) is 0 Å². The molecule has 28 heavy (non-hydrogen) atoms. The van der Waals surface area contributed by atoms with Crippen molar-refractivity contribution in [2.45, 2.75) is 19.4 Å². The molecule has 1 atom stereocenters. The Morgan fingerprint density at radius 3 is 2.96 bits per heavy atom. The number of carbonyl (C=O) groups is 1. The van der Waals surface area contributed by atoms with Gasteiger partial charge in [-0.25, -0.2) is 14.8 Å². The zero-order chi connectivity index (χ0) is 19.7. The van der Waals surface area contributed by atoms with Crippen LogP contribution in [0, 0.1) is 0 Å². The van der Waals surface area contributed by atoms with E-state index in [-0.39, 0.29) is 5.97 Å². The van der Waals surface area contributed by atoms with E-state index in [1.807, 2.05) is 36.1 Å². The monoisotopic (exact) mass is 400 g/mol. The van der Waals surface area contributed by atoms with E-state index in [1.54, 1.807) is 0 Å². The predicted octanol–water partition coefficient (Wildman–Crippen LogP) is 2.44. The number of fused-ring (bicyclic) bond motifs is 1. The fraction of sp³-hybridized carbons (Fsp3) is 0.368. The Labute approximate surface area is 167 Å². The van der Waals surface area contributed by atoms with Crippen molar-refractivity contribution in [2.75, 3.05) is 36.5 Å². The quantitative estimate of drug-likeness (QED) is 0.673. The van der Waals surface area contributed by atoms with Gasteiger partial charge in [-0.1, -0.05) is 24.6 Å². The van der Waals surface area contributed by atoms with Gasteiger partial charge < -0.3 is 14.5 Å². The molecule has 0 saturated carbocycles. The average molecular weight is 401 g/mol. The number of rotatable bonds is 4. The number of hydrogen-bond acceptors (Lipinski definition) is 7. The topological polar surface area (TPSA) is 87.2 Å². The summed E-state index contributed by atoms with van der Waals surface area (Å²) < 4.78 is 5.10. The molecular formula is C19H21ClN6O2. The third-order valence-corrected chi connectivity index (χ3v) is 5.29. The van der Waals surface area contributed by atoms with Crippen LogP contribution in [-0.2, 0) is 16.0 Å². The molecule has 0 amide bonds. The first-order valence-electron chi connectivity index (χ1n) is 9.15. The number of anilines is 2. The van der Waals surface area contributed by atoms with Crippen LogP contribution in [0.2, 0.25) is 5.02 Å². The van der Waals surface area contributed by atoms with Gasteiger partial charge in [0.2, 0.25) is 0 Å². The summed E-state index contributed by atoms with van der Waals surface area (Å²) in [5, 5.41) is 8.81. The number of nitrogens with zero attached hydrogens (tertiary/aromatic N) is 5. The fourth-order valence-electron chi connectivity index (χ4n) is 3.65. The van der Waals surface area contributed by atoms with Gasteiger partial charge in [0.15, 0.2) is 5.65 Å². The van der Waals surface area contributed by atoms with Crippen molar-refractivity contribution in [1.82, 2.24) is 20.2 Å². The van der Waals surface area contributed by atoms with Gasteiger partial charge in [-0.15, -0.1) is 0 Å². The van der Waals surface area contributed by atoms with Crippen molar-refractivity contribution in [3.63, 3.8) is 0 Å². The first-order chi connectivity index (χ1) is 13.6. The Bertz CT molecular complexity index is 1010. The minimum atomic E-state index is -0.504. The number of nitrogens with one attached hydrogen (secondary N) is 1. The number of piperazine rings is 1. The second kappa shape index (κ2) is 7.63. The summed E-state index contributed by atoms with van der Waals surface area (Å²) in [6.45, 7) is 3.84. The maximum Gasteiger partial charge on any atom is 0.330 e. The third kappa shape index (κ3) is 3.24. The molecule has 0 unspecified atom stereocenters. The number of aromatic nitrogens is 4. The lowest BCUT2D eigenvalue weighted by atomic mass is 10.1. The molecule has 1 saturated heterocycles. The molecule has 1 N–H and O–H groups in total. The van der Waals surface area contributed by atoms with E-state index in [9.17, 15) is 4.79 Å². The van der Waals surface area contributed by atoms with Crippen LogP contribution >= 0.6 is 11.6 Å². The number of ether oxygens (including phenoxy) is 1. The van der Waals surface area contributed by atoms with Gasteiger partial charge in [0, 0.05) is 36.0 Å². The summed E-state index contributed by atoms with van der Waals surface area (Å²) in [4.78, 5) is 25.5. The molecule has 4 rings (SSSR count). The summed E-state index contributed by atoms with van der Waals surface area (Å²) >= 11 is 6.15. The van der Waals surface area contributed by atoms with E-state index in [1.165, 1.54) is 13.4 Å². The highest BCUT2D eigenvalue weighted by Crippen LogP contribution is 2.30. The molecule has 1 aromatic carbocycles. The Kier molecular flexibility index (Phi) is 5.04. The summed E-state index contributed by atoms with van der Waals surface area (Å²) in [7, 11) is 1.41. The van der Waals surface area contributed by atoms with Crippen molar-refractivity contribution >= 4 is 40.1 Å². The number of carbonyl (C=O) groups excluding carboxylic acids is 1. The average Bonchev–Trinajstić information content (AvgIpc) is 3.16. The highest BCUT2D eigenvalue weighted by molar-refractivity contribution is 6.30. The van der Waals surface area contributed by atoms with Crippen LogP contribution in [0.15, 0.2) is 30.6 Å². The minimum absolute atomic E-state index is 0.306. The standard InChI is InChI=1S/C19H21ClN6O2/c1-3-14-16-17(24-23-14)21-11-22-18(16)26-8-7-25(10-15(26)19(27)28-2)13-6-4-5-12(20)9-13/h4-6,9,11,15H,3,7-8,10H2,1-2H3,(H,21,22,23,24)/t15-/m1/s1. The van der Waals surface area contributed by atoms with Crippen LogP contribution in [-0.4, -0.2) is 58.9 Å². The highest BCUT2D eigenvalue weighted by Gasteiger charge is 2.35. The van der Waals surface area contributed by atoms with E-state index in [0.29, 0.717) is 29.6 Å². The largest absolute Gasteiger partial charge is 0.467 e. The molecule has 0 aliphatic carbocycles. The maximum absolute atomic E-state index is 12.6. The number of halogens is 1. The summed E-state index contributed by atoms with van der Waals surface area (Å²) in [6.07, 6.45) is 2.25. The number of benzene rings is 1. The van der Waals surface area contributed by atoms with E-state index in [4.69, 9.17) is 16.3 Å². The molecule has 8 nitrogen and oxygen atoms in total. The van der Waals surface area contributed by atoms with Crippen LogP contribution < -0.4 is 9.80 Å². The lowest BCUT2D eigenvalue weighted by Gasteiger charge is -2.41. The van der Waals surface area contributed by atoms with Gasteiger partial charge in [-0.2, -0.15) is 5.10 Å². The van der Waals surface area contributed by atoms with Gasteiger partial charge in [-0.05, 0) is 24.6 Å². The molecule has 0 bridgehead atoms. The highest BCUT2D eigenvalue weighted by atomic mass is 35.5. The Morgan fingerprint density at radius 1 is 1.36 bits per heavy atom. The van der Waals surface area contributed by atoms with E-state index in [2.05, 4.69) is 25.1 Å². The second-order valence-corrected chi connectivity index (χ2v) is 7.05. The SMILES string of the molecule is CCc1[nH]nc2ncnc(N3CCN(c4cccc(Cl)c4)C[C@@H]3C(=O)OC)c12. The van der Waals surface area contributed by atoms with Crippen LogP contribution in [0.3, 0.4) is 0 Å². The van der Waals surface area contributed by atoms with Crippen molar-refractivity contribution < 1.29 is 9.53 Å². The third-order valence-electron chi connectivity index (χ3n) is 5.06. The first-order valence-corrected chi connectivity index (χ1v) is 9.53. The summed E-state index contributed by atoms with van der Waals surface area (Å²) in [5.74, 6) is 0.400. The normalized spacial score (nSPS) is 17.2. The molecule has 146 valence electrons. The van der Waals surface area contributed by atoms with E-state index in [0.717, 1.165) is 29.7 Å². The van der Waals surface area contributed by atoms with E-state index >= 15 is 0 Å². The molecule has 3 aromatic rings. The van der Waals surface area contributed by atoms with Crippen LogP contribution in [0.1, 0.15) is 12.6 Å². The lowest BCUT2D eigenvalue weighted by Crippen LogP contribution is -2.57. The van der Waals surface area contributed by atoms with Crippen molar-refractivity contribution in [3.05, 3.63) is 41.3 Å². The van der Waals surface area contributed by atoms with Crippen molar-refractivity contribution in [3.8, 4) is 0 Å². The summed E-state index contributed by atoms with van der Waals surface area (Å²) in [5.41, 5.74) is 2.53. The van der Waals surface area contributed by atoms with Gasteiger partial charge in [0.1, 0.15) is 18.2 Å². The van der Waals surface area contributed by atoms with Crippen molar-refractivity contribution in [2.24, 2.45) is 0 Å². The lowest BCUT2D eigenvalue weighted by molar-refractivity contribution is -0.142. The van der Waals surface area contributed by atoms with Gasteiger partial charge in [-0.3, -0.25) is 5.10 Å². The smallest absolute Gasteiger partial charge is 0.330 e.